The van der Waals surface area contributed by atoms with Gasteiger partial charge >= 0.3 is 0 Å². The molecule has 1 aliphatic heterocycles. The molecule has 5 atom stereocenters. The molecule has 2 aromatic rings. The lowest BCUT2D eigenvalue weighted by atomic mass is 9.76. The number of aliphatic imine (C=N–C) groups is 1. The number of carbonyl (C=O) groups excluding carboxylic acids is 2. The summed E-state index contributed by atoms with van der Waals surface area (Å²) in [7, 11) is 0. The van der Waals surface area contributed by atoms with Crippen LogP contribution in [0.3, 0.4) is 0 Å². The van der Waals surface area contributed by atoms with Crippen LogP contribution in [-0.4, -0.2) is 60.9 Å². The number of hydrogen-bond acceptors (Lipinski definition) is 4. The SMILES string of the molecule is CC1CC(CN2CCC(CNC(=O)c3ccc4ccccc4c3)N[C@@H](CCCN=C(N)N)C2=O)C[C@@H](C)C1. The van der Waals surface area contributed by atoms with Gasteiger partial charge in [0.2, 0.25) is 5.91 Å². The van der Waals surface area contributed by atoms with Crippen molar-refractivity contribution < 1.29 is 9.59 Å². The normalized spacial score (nSPS) is 26.1. The lowest BCUT2D eigenvalue weighted by Crippen LogP contribution is -2.49. The van der Waals surface area contributed by atoms with E-state index in [2.05, 4.69) is 34.4 Å². The van der Waals surface area contributed by atoms with Gasteiger partial charge in [-0.3, -0.25) is 14.6 Å². The van der Waals surface area contributed by atoms with Crippen LogP contribution in [0.25, 0.3) is 10.8 Å². The van der Waals surface area contributed by atoms with Crippen molar-refractivity contribution in [1.82, 2.24) is 15.5 Å². The van der Waals surface area contributed by atoms with Crippen LogP contribution in [0.1, 0.15) is 62.7 Å². The zero-order valence-corrected chi connectivity index (χ0v) is 22.9. The number of fused-ring (bicyclic) bond motifs is 1. The van der Waals surface area contributed by atoms with Crippen LogP contribution in [0, 0.1) is 17.8 Å². The molecule has 0 aromatic heterocycles. The van der Waals surface area contributed by atoms with Crippen LogP contribution < -0.4 is 22.1 Å². The van der Waals surface area contributed by atoms with E-state index in [4.69, 9.17) is 11.5 Å². The fourth-order valence-corrected chi connectivity index (χ4v) is 6.36. The number of nitrogens with zero attached hydrogens (tertiary/aromatic N) is 2. The van der Waals surface area contributed by atoms with Crippen molar-refractivity contribution in [3.05, 3.63) is 48.0 Å². The fourth-order valence-electron chi connectivity index (χ4n) is 6.36. The minimum absolute atomic E-state index is 0.00522. The third kappa shape index (κ3) is 7.69. The molecule has 3 unspecified atom stereocenters. The summed E-state index contributed by atoms with van der Waals surface area (Å²) in [6.07, 6.45) is 5.80. The molecule has 8 nitrogen and oxygen atoms in total. The molecule has 1 aliphatic carbocycles. The number of nitrogens with one attached hydrogen (secondary N) is 2. The van der Waals surface area contributed by atoms with Crippen molar-refractivity contribution in [3.63, 3.8) is 0 Å². The Labute approximate surface area is 226 Å². The Kier molecular flexibility index (Phi) is 9.61. The molecule has 8 heteroatoms. The van der Waals surface area contributed by atoms with Gasteiger partial charge in [0.15, 0.2) is 5.96 Å². The predicted molar refractivity (Wildman–Crippen MR) is 154 cm³/mol. The van der Waals surface area contributed by atoms with Gasteiger partial charge in [0, 0.05) is 37.8 Å². The topological polar surface area (TPSA) is 126 Å². The quantitative estimate of drug-likeness (QED) is 0.229. The highest BCUT2D eigenvalue weighted by molar-refractivity contribution is 5.98. The Bertz CT molecular complexity index is 1120. The average molecular weight is 521 g/mol. The third-order valence-electron chi connectivity index (χ3n) is 8.01. The molecule has 0 radical (unpaired) electrons. The summed E-state index contributed by atoms with van der Waals surface area (Å²) in [5.41, 5.74) is 11.6. The molecule has 38 heavy (non-hydrogen) atoms. The standard InChI is InChI=1S/C30H44N6O2/c1-20-14-21(2)16-22(15-20)19-36-13-11-26(35-27(29(36)38)8-5-12-33-30(31)32)18-34-28(37)25-10-9-23-6-3-4-7-24(23)17-25/h3-4,6-7,9-10,17,20-22,26-27,35H,5,8,11-16,18-19H2,1-2H3,(H,34,37)(H4,31,32,33)/t20-,21?,22?,26?,27-/m0/s1. The fraction of sp³-hybridized carbons (Fsp3) is 0.567. The third-order valence-corrected chi connectivity index (χ3v) is 8.01. The first kappa shape index (κ1) is 27.9. The van der Waals surface area contributed by atoms with Gasteiger partial charge in [0.1, 0.15) is 0 Å². The van der Waals surface area contributed by atoms with E-state index < -0.39 is 0 Å². The molecule has 0 bridgehead atoms. The zero-order valence-electron chi connectivity index (χ0n) is 22.9. The van der Waals surface area contributed by atoms with E-state index in [1.54, 1.807) is 0 Å². The number of nitrogens with two attached hydrogens (primary N) is 2. The van der Waals surface area contributed by atoms with Crippen LogP contribution >= 0.6 is 0 Å². The van der Waals surface area contributed by atoms with Gasteiger partial charge in [-0.1, -0.05) is 44.2 Å². The Morgan fingerprint density at radius 1 is 1.08 bits per heavy atom. The second-order valence-electron chi connectivity index (χ2n) is 11.5. The highest BCUT2D eigenvalue weighted by Crippen LogP contribution is 2.33. The number of amides is 2. The molecule has 1 saturated carbocycles. The van der Waals surface area contributed by atoms with Gasteiger partial charge in [-0.2, -0.15) is 0 Å². The van der Waals surface area contributed by atoms with Crippen molar-refractivity contribution in [2.75, 3.05) is 26.2 Å². The largest absolute Gasteiger partial charge is 0.370 e. The van der Waals surface area contributed by atoms with Gasteiger partial charge in [-0.15, -0.1) is 0 Å². The summed E-state index contributed by atoms with van der Waals surface area (Å²) in [5.74, 6) is 2.09. The molecule has 6 N–H and O–H groups in total. The van der Waals surface area contributed by atoms with Crippen molar-refractivity contribution >= 4 is 28.5 Å². The molecule has 1 heterocycles. The number of guanidine groups is 1. The summed E-state index contributed by atoms with van der Waals surface area (Å²) in [4.78, 5) is 32.8. The maximum atomic E-state index is 13.6. The second kappa shape index (κ2) is 13.1. The zero-order chi connectivity index (χ0) is 27.1. The predicted octanol–water partition coefficient (Wildman–Crippen LogP) is 3.25. The van der Waals surface area contributed by atoms with E-state index in [0.29, 0.717) is 55.8 Å². The second-order valence-corrected chi connectivity index (χ2v) is 11.5. The minimum atomic E-state index is -0.312. The Balaban J connectivity index is 1.40. The van der Waals surface area contributed by atoms with E-state index in [1.807, 2.05) is 42.5 Å². The van der Waals surface area contributed by atoms with E-state index in [0.717, 1.165) is 23.7 Å². The molecule has 2 amide bonds. The molecule has 206 valence electrons. The van der Waals surface area contributed by atoms with Gasteiger partial charge in [0.05, 0.1) is 6.04 Å². The van der Waals surface area contributed by atoms with Gasteiger partial charge in [-0.05, 0) is 79.2 Å². The Hall–Kier alpha value is -3.13. The highest BCUT2D eigenvalue weighted by atomic mass is 16.2. The van der Waals surface area contributed by atoms with Gasteiger partial charge in [0.25, 0.3) is 5.91 Å². The molecule has 4 rings (SSSR count). The lowest BCUT2D eigenvalue weighted by Gasteiger charge is -2.35. The maximum absolute atomic E-state index is 13.6. The van der Waals surface area contributed by atoms with Crippen LogP contribution in [0.2, 0.25) is 0 Å². The number of carbonyl (C=O) groups is 2. The number of benzene rings is 2. The molecular weight excluding hydrogens is 476 g/mol. The Morgan fingerprint density at radius 3 is 2.55 bits per heavy atom. The molecule has 0 spiro atoms. The summed E-state index contributed by atoms with van der Waals surface area (Å²) in [6, 6.07) is 13.5. The summed E-state index contributed by atoms with van der Waals surface area (Å²) in [6.45, 7) is 7.13. The van der Waals surface area contributed by atoms with Crippen molar-refractivity contribution in [1.29, 1.82) is 0 Å². The first-order valence-corrected chi connectivity index (χ1v) is 14.2. The lowest BCUT2D eigenvalue weighted by molar-refractivity contribution is -0.133. The maximum Gasteiger partial charge on any atom is 0.251 e. The van der Waals surface area contributed by atoms with Crippen molar-refractivity contribution in [2.24, 2.45) is 34.2 Å². The van der Waals surface area contributed by atoms with E-state index >= 15 is 0 Å². The minimum Gasteiger partial charge on any atom is -0.370 e. The van der Waals surface area contributed by atoms with Crippen LogP contribution in [0.5, 0.6) is 0 Å². The van der Waals surface area contributed by atoms with Crippen LogP contribution in [-0.2, 0) is 4.79 Å². The molecule has 2 fully saturated rings. The molecule has 1 saturated heterocycles. The number of rotatable bonds is 9. The van der Waals surface area contributed by atoms with E-state index in [-0.39, 0.29) is 29.9 Å². The van der Waals surface area contributed by atoms with E-state index in [9.17, 15) is 9.59 Å². The monoisotopic (exact) mass is 520 g/mol. The van der Waals surface area contributed by atoms with E-state index in [1.165, 1.54) is 19.3 Å². The van der Waals surface area contributed by atoms with Crippen molar-refractivity contribution in [3.8, 4) is 0 Å². The van der Waals surface area contributed by atoms with Crippen LogP contribution in [0.4, 0.5) is 0 Å². The smallest absolute Gasteiger partial charge is 0.251 e. The first-order chi connectivity index (χ1) is 18.3. The molecular formula is C30H44N6O2. The summed E-state index contributed by atoms with van der Waals surface area (Å²) >= 11 is 0. The Morgan fingerprint density at radius 2 is 1.82 bits per heavy atom. The average Bonchev–Trinajstić information content (AvgIpc) is 3.03. The summed E-state index contributed by atoms with van der Waals surface area (Å²) in [5, 5.41) is 8.81. The number of hydrogen-bond donors (Lipinski definition) is 4. The van der Waals surface area contributed by atoms with Crippen molar-refractivity contribution in [2.45, 2.75) is 64.5 Å². The highest BCUT2D eigenvalue weighted by Gasteiger charge is 2.33. The van der Waals surface area contributed by atoms with Gasteiger partial charge in [-0.25, -0.2) is 0 Å². The molecule has 2 aliphatic rings. The molecule has 2 aromatic carbocycles. The van der Waals surface area contributed by atoms with Crippen LogP contribution in [0.15, 0.2) is 47.5 Å². The summed E-state index contributed by atoms with van der Waals surface area (Å²) < 4.78 is 0. The first-order valence-electron chi connectivity index (χ1n) is 14.2. The van der Waals surface area contributed by atoms with Gasteiger partial charge < -0.3 is 27.0 Å².